The van der Waals surface area contributed by atoms with Crippen LogP contribution >= 0.6 is 12.2 Å². The van der Waals surface area contributed by atoms with Crippen LogP contribution in [0.4, 0.5) is 5.69 Å². The maximum atomic E-state index is 9.36. The lowest BCUT2D eigenvalue weighted by atomic mass is 10.1. The number of phenols is 1. The van der Waals surface area contributed by atoms with Crippen LogP contribution in [0, 0.1) is 0 Å². The number of hydrazine groups is 1. The molecule has 1 aliphatic heterocycles. The number of para-hydroxylation sites is 1. The molecule has 0 radical (unpaired) electrons. The van der Waals surface area contributed by atoms with Crippen molar-refractivity contribution in [1.29, 1.82) is 0 Å². The van der Waals surface area contributed by atoms with Crippen LogP contribution in [0.2, 0.25) is 0 Å². The fourth-order valence-corrected chi connectivity index (χ4v) is 2.39. The van der Waals surface area contributed by atoms with Crippen LogP contribution in [0.5, 0.6) is 5.75 Å². The smallest absolute Gasteiger partial charge is 0.189 e. The summed E-state index contributed by atoms with van der Waals surface area (Å²) in [5.41, 5.74) is 8.16. The summed E-state index contributed by atoms with van der Waals surface area (Å²) in [7, 11) is 0. The van der Waals surface area contributed by atoms with Crippen molar-refractivity contribution in [3.8, 4) is 5.75 Å². The van der Waals surface area contributed by atoms with E-state index in [1.165, 1.54) is 0 Å². The van der Waals surface area contributed by atoms with Crippen LogP contribution in [0.3, 0.4) is 0 Å². The first kappa shape index (κ1) is 12.0. The minimum absolute atomic E-state index is 0.0875. The Morgan fingerprint density at radius 1 is 1.00 bits per heavy atom. The third-order valence-corrected chi connectivity index (χ3v) is 3.33. The van der Waals surface area contributed by atoms with Gasteiger partial charge in [0.2, 0.25) is 0 Å². The van der Waals surface area contributed by atoms with Crippen molar-refractivity contribution in [3.63, 3.8) is 0 Å². The van der Waals surface area contributed by atoms with E-state index in [9.17, 15) is 5.11 Å². The summed E-state index contributed by atoms with van der Waals surface area (Å²) in [6.45, 7) is 0. The second kappa shape index (κ2) is 4.87. The van der Waals surface area contributed by atoms with Gasteiger partial charge >= 0.3 is 0 Å². The van der Waals surface area contributed by atoms with Crippen LogP contribution in [0.1, 0.15) is 11.7 Å². The first-order chi connectivity index (χ1) is 9.25. The molecule has 1 aliphatic rings. The Hall–Kier alpha value is -2.11. The highest BCUT2D eigenvalue weighted by molar-refractivity contribution is 7.80. The topological polar surface area (TPSA) is 47.5 Å². The second-order valence-corrected chi connectivity index (χ2v) is 4.66. The Kier molecular flexibility index (Phi) is 3.06. The summed E-state index contributed by atoms with van der Waals surface area (Å²) < 4.78 is 0. The normalized spacial score (nSPS) is 18.4. The number of aromatic hydroxyl groups is 1. The lowest BCUT2D eigenvalue weighted by Crippen LogP contribution is -2.29. The highest BCUT2D eigenvalue weighted by Crippen LogP contribution is 2.28. The summed E-state index contributed by atoms with van der Waals surface area (Å²) in [5.74, 6) is 0.253. The van der Waals surface area contributed by atoms with Crippen LogP contribution in [0.15, 0.2) is 54.6 Å². The molecule has 0 bridgehead atoms. The molecule has 3 N–H and O–H groups in total. The number of nitrogens with one attached hydrogen (secondary N) is 2. The lowest BCUT2D eigenvalue weighted by Gasteiger charge is -2.24. The molecule has 19 heavy (non-hydrogen) atoms. The quantitative estimate of drug-likeness (QED) is 0.732. The van der Waals surface area contributed by atoms with Crippen LogP contribution in [0.25, 0.3) is 0 Å². The van der Waals surface area contributed by atoms with Crippen LogP contribution in [-0.4, -0.2) is 10.2 Å². The zero-order chi connectivity index (χ0) is 13.2. The van der Waals surface area contributed by atoms with Gasteiger partial charge in [0.05, 0.1) is 0 Å². The molecule has 3 rings (SSSR count). The van der Waals surface area contributed by atoms with E-state index >= 15 is 0 Å². The molecule has 1 fully saturated rings. The Bertz CT molecular complexity index is 585. The van der Waals surface area contributed by atoms with E-state index in [-0.39, 0.29) is 11.9 Å². The van der Waals surface area contributed by atoms with Crippen molar-refractivity contribution in [2.45, 2.75) is 6.17 Å². The molecule has 4 nitrogen and oxygen atoms in total. The van der Waals surface area contributed by atoms with Crippen LogP contribution in [-0.2, 0) is 0 Å². The number of hydrogen-bond acceptors (Lipinski definition) is 3. The first-order valence-electron chi connectivity index (χ1n) is 5.94. The molecule has 0 aliphatic carbocycles. The zero-order valence-electron chi connectivity index (χ0n) is 10.1. The number of nitrogens with zero attached hydrogens (tertiary/aromatic N) is 1. The number of hydrogen-bond donors (Lipinski definition) is 3. The number of rotatable bonds is 2. The van der Waals surface area contributed by atoms with E-state index in [0.717, 1.165) is 11.3 Å². The second-order valence-electron chi connectivity index (χ2n) is 4.27. The minimum atomic E-state index is -0.0875. The minimum Gasteiger partial charge on any atom is -0.508 e. The largest absolute Gasteiger partial charge is 0.508 e. The SMILES string of the molecule is Oc1ccc(C2NNC(=S)N2c2ccccc2)cc1. The summed E-state index contributed by atoms with van der Waals surface area (Å²) in [6.07, 6.45) is -0.0875. The van der Waals surface area contributed by atoms with Gasteiger partial charge in [-0.2, -0.15) is 0 Å². The third kappa shape index (κ3) is 2.25. The number of anilines is 1. The Labute approximate surface area is 116 Å². The molecule has 0 aromatic heterocycles. The molecule has 2 aromatic carbocycles. The number of phenolic OH excluding ortho intramolecular Hbond substituents is 1. The molecule has 0 spiro atoms. The fraction of sp³-hybridized carbons (Fsp3) is 0.0714. The zero-order valence-corrected chi connectivity index (χ0v) is 10.9. The molecule has 1 atom stereocenters. The molecule has 1 heterocycles. The number of thiocarbonyl (C=S) groups is 1. The average Bonchev–Trinajstić information content (AvgIpc) is 2.82. The summed E-state index contributed by atoms with van der Waals surface area (Å²) in [4.78, 5) is 2.00. The van der Waals surface area contributed by atoms with E-state index in [4.69, 9.17) is 12.2 Å². The van der Waals surface area contributed by atoms with E-state index < -0.39 is 0 Å². The maximum Gasteiger partial charge on any atom is 0.189 e. The van der Waals surface area contributed by atoms with Gasteiger partial charge in [0.1, 0.15) is 11.9 Å². The molecule has 1 unspecified atom stereocenters. The molecule has 96 valence electrons. The molecule has 2 aromatic rings. The molecular formula is C14H13N3OS. The van der Waals surface area contributed by atoms with Crippen molar-refractivity contribution in [2.75, 3.05) is 4.90 Å². The van der Waals surface area contributed by atoms with Gasteiger partial charge in [-0.15, -0.1) is 0 Å². The van der Waals surface area contributed by atoms with E-state index in [2.05, 4.69) is 10.9 Å². The van der Waals surface area contributed by atoms with Gasteiger partial charge in [-0.05, 0) is 42.0 Å². The lowest BCUT2D eigenvalue weighted by molar-refractivity contribution is 0.474. The van der Waals surface area contributed by atoms with Crippen molar-refractivity contribution >= 4 is 23.0 Å². The van der Waals surface area contributed by atoms with Crippen molar-refractivity contribution < 1.29 is 5.11 Å². The standard InChI is InChI=1S/C14H13N3OS/c18-12-8-6-10(7-9-12)13-15-16-14(19)17(13)11-4-2-1-3-5-11/h1-9,13,15,18H,(H,16,19). The first-order valence-corrected chi connectivity index (χ1v) is 6.35. The van der Waals surface area contributed by atoms with Gasteiger partial charge in [0, 0.05) is 5.69 Å². The Morgan fingerprint density at radius 3 is 2.37 bits per heavy atom. The Morgan fingerprint density at radius 2 is 1.68 bits per heavy atom. The highest BCUT2D eigenvalue weighted by Gasteiger charge is 2.29. The predicted molar refractivity (Wildman–Crippen MR) is 78.6 cm³/mol. The van der Waals surface area contributed by atoms with Crippen molar-refractivity contribution in [1.82, 2.24) is 10.9 Å². The monoisotopic (exact) mass is 271 g/mol. The van der Waals surface area contributed by atoms with Gasteiger partial charge in [-0.25, -0.2) is 5.43 Å². The summed E-state index contributed by atoms with van der Waals surface area (Å²) in [5, 5.41) is 9.99. The van der Waals surface area contributed by atoms with Gasteiger partial charge in [0.25, 0.3) is 0 Å². The van der Waals surface area contributed by atoms with E-state index in [1.807, 2.05) is 47.4 Å². The average molecular weight is 271 g/mol. The molecule has 5 heteroatoms. The summed E-state index contributed by atoms with van der Waals surface area (Å²) in [6, 6.07) is 17.0. The van der Waals surface area contributed by atoms with Gasteiger partial charge in [0.15, 0.2) is 5.11 Å². The predicted octanol–water partition coefficient (Wildman–Crippen LogP) is 2.29. The van der Waals surface area contributed by atoms with Crippen molar-refractivity contribution in [2.24, 2.45) is 0 Å². The molecule has 0 amide bonds. The molecule has 0 saturated carbocycles. The summed E-state index contributed by atoms with van der Waals surface area (Å²) >= 11 is 5.33. The van der Waals surface area contributed by atoms with E-state index in [1.54, 1.807) is 12.1 Å². The third-order valence-electron chi connectivity index (χ3n) is 3.04. The highest BCUT2D eigenvalue weighted by atomic mass is 32.1. The molecule has 1 saturated heterocycles. The Balaban J connectivity index is 1.97. The number of benzene rings is 2. The van der Waals surface area contributed by atoms with Gasteiger partial charge in [-0.3, -0.25) is 10.3 Å². The van der Waals surface area contributed by atoms with Gasteiger partial charge < -0.3 is 5.11 Å². The van der Waals surface area contributed by atoms with Gasteiger partial charge in [-0.1, -0.05) is 30.3 Å². The fourth-order valence-electron chi connectivity index (χ4n) is 2.12. The maximum absolute atomic E-state index is 9.36. The van der Waals surface area contributed by atoms with E-state index in [0.29, 0.717) is 5.11 Å². The molecular weight excluding hydrogens is 258 g/mol. The van der Waals surface area contributed by atoms with Crippen molar-refractivity contribution in [3.05, 3.63) is 60.2 Å². The van der Waals surface area contributed by atoms with Crippen LogP contribution < -0.4 is 15.8 Å².